The van der Waals surface area contributed by atoms with Crippen molar-refractivity contribution < 1.29 is 14.3 Å². The first-order valence-electron chi connectivity index (χ1n) is 7.25. The van der Waals surface area contributed by atoms with Crippen LogP contribution < -0.4 is 20.7 Å². The molecular weight excluding hydrogens is 306 g/mol. The maximum atomic E-state index is 11.8. The van der Waals surface area contributed by atoms with Crippen LogP contribution in [0, 0.1) is 0 Å². The summed E-state index contributed by atoms with van der Waals surface area (Å²) < 4.78 is 5.46. The lowest BCUT2D eigenvalue weighted by Gasteiger charge is -2.14. The van der Waals surface area contributed by atoms with Gasteiger partial charge >= 0.3 is 6.03 Å². The number of anilines is 1. The highest BCUT2D eigenvalue weighted by atomic mass is 35.5. The van der Waals surface area contributed by atoms with Crippen molar-refractivity contribution in [1.29, 1.82) is 0 Å². The summed E-state index contributed by atoms with van der Waals surface area (Å²) in [7, 11) is 0. The molecule has 7 heteroatoms. The maximum Gasteiger partial charge on any atom is 0.319 e. The molecule has 0 spiro atoms. The topological polar surface area (TPSA) is 79.5 Å². The predicted molar refractivity (Wildman–Crippen MR) is 87.5 cm³/mol. The van der Waals surface area contributed by atoms with E-state index in [1.807, 2.05) is 13.8 Å². The Hall–Kier alpha value is -1.95. The summed E-state index contributed by atoms with van der Waals surface area (Å²) in [5.74, 6) is 0.337. The van der Waals surface area contributed by atoms with Crippen molar-refractivity contribution in [2.24, 2.45) is 0 Å². The fraction of sp³-hybridized carbons (Fsp3) is 0.467. The van der Waals surface area contributed by atoms with Crippen LogP contribution in [-0.4, -0.2) is 31.1 Å². The van der Waals surface area contributed by atoms with Gasteiger partial charge in [-0.25, -0.2) is 4.79 Å². The number of carbonyl (C=O) groups excluding carboxylic acids is 2. The molecule has 0 saturated carbocycles. The van der Waals surface area contributed by atoms with Crippen LogP contribution >= 0.6 is 11.6 Å². The second kappa shape index (κ2) is 9.15. The Bertz CT molecular complexity index is 523. The van der Waals surface area contributed by atoms with E-state index < -0.39 is 12.1 Å². The molecule has 6 nitrogen and oxygen atoms in total. The van der Waals surface area contributed by atoms with Crippen LogP contribution in [0.2, 0.25) is 5.02 Å². The Balaban J connectivity index is 2.57. The minimum Gasteiger partial charge on any atom is -0.492 e. The average molecular weight is 328 g/mol. The smallest absolute Gasteiger partial charge is 0.319 e. The predicted octanol–water partition coefficient (Wildman–Crippen LogP) is 2.77. The first kappa shape index (κ1) is 18.1. The largest absolute Gasteiger partial charge is 0.492 e. The van der Waals surface area contributed by atoms with Crippen LogP contribution in [-0.2, 0) is 4.79 Å². The summed E-state index contributed by atoms with van der Waals surface area (Å²) in [6, 6.07) is 3.89. The number of hydrogen-bond acceptors (Lipinski definition) is 3. The molecule has 3 N–H and O–H groups in total. The van der Waals surface area contributed by atoms with Gasteiger partial charge in [-0.15, -0.1) is 0 Å². The quantitative estimate of drug-likeness (QED) is 0.720. The van der Waals surface area contributed by atoms with Crippen molar-refractivity contribution in [3.8, 4) is 5.75 Å². The van der Waals surface area contributed by atoms with Crippen molar-refractivity contribution >= 4 is 29.2 Å². The Morgan fingerprint density at radius 2 is 2.05 bits per heavy atom. The van der Waals surface area contributed by atoms with E-state index in [1.165, 1.54) is 0 Å². The molecule has 0 aliphatic rings. The van der Waals surface area contributed by atoms with E-state index in [0.717, 1.165) is 6.42 Å². The second-order valence-electron chi connectivity index (χ2n) is 4.71. The number of likely N-dealkylation sites (N-methyl/N-ethyl adjacent to an activating group) is 1. The van der Waals surface area contributed by atoms with E-state index >= 15 is 0 Å². The molecule has 0 heterocycles. The molecule has 0 unspecified atom stereocenters. The Morgan fingerprint density at radius 3 is 2.64 bits per heavy atom. The third-order valence-electron chi connectivity index (χ3n) is 2.74. The standard InChI is InChI=1S/C15H22ClN3O3/c1-4-8-22-13-7-6-11(9-12(13)16)19-15(21)18-10(3)14(20)17-5-2/h6-7,9-10H,4-5,8H2,1-3H3,(H,17,20)(H2,18,19,21)/t10-/m1/s1. The van der Waals surface area contributed by atoms with Gasteiger partial charge < -0.3 is 20.7 Å². The lowest BCUT2D eigenvalue weighted by atomic mass is 10.3. The van der Waals surface area contributed by atoms with Crippen molar-refractivity contribution in [1.82, 2.24) is 10.6 Å². The van der Waals surface area contributed by atoms with Crippen LogP contribution in [0.3, 0.4) is 0 Å². The number of hydrogen-bond donors (Lipinski definition) is 3. The third-order valence-corrected chi connectivity index (χ3v) is 3.04. The van der Waals surface area contributed by atoms with Gasteiger partial charge in [-0.3, -0.25) is 4.79 Å². The molecular formula is C15H22ClN3O3. The number of urea groups is 1. The number of nitrogens with one attached hydrogen (secondary N) is 3. The minimum atomic E-state index is -0.623. The van der Waals surface area contributed by atoms with Gasteiger partial charge in [0.15, 0.2) is 0 Å². The molecule has 0 bridgehead atoms. The van der Waals surface area contributed by atoms with E-state index in [1.54, 1.807) is 25.1 Å². The van der Waals surface area contributed by atoms with E-state index in [-0.39, 0.29) is 5.91 Å². The van der Waals surface area contributed by atoms with E-state index in [0.29, 0.717) is 29.6 Å². The molecule has 0 aliphatic carbocycles. The van der Waals surface area contributed by atoms with Gasteiger partial charge in [0.2, 0.25) is 5.91 Å². The fourth-order valence-electron chi connectivity index (χ4n) is 1.66. The number of amides is 3. The second-order valence-corrected chi connectivity index (χ2v) is 5.12. The first-order valence-corrected chi connectivity index (χ1v) is 7.63. The van der Waals surface area contributed by atoms with E-state index in [4.69, 9.17) is 16.3 Å². The number of halogens is 1. The van der Waals surface area contributed by atoms with Crippen LogP contribution in [0.4, 0.5) is 10.5 Å². The zero-order valence-corrected chi connectivity index (χ0v) is 13.8. The van der Waals surface area contributed by atoms with Gasteiger partial charge in [0.25, 0.3) is 0 Å². The summed E-state index contributed by atoms with van der Waals surface area (Å²) in [5.41, 5.74) is 0.523. The van der Waals surface area contributed by atoms with Crippen LogP contribution in [0.5, 0.6) is 5.75 Å². The number of carbonyl (C=O) groups is 2. The molecule has 1 rings (SSSR count). The summed E-state index contributed by atoms with van der Waals surface area (Å²) in [6.07, 6.45) is 0.885. The van der Waals surface area contributed by atoms with Gasteiger partial charge in [0.05, 0.1) is 11.6 Å². The molecule has 0 fully saturated rings. The molecule has 0 aliphatic heterocycles. The van der Waals surface area contributed by atoms with Gasteiger partial charge in [-0.1, -0.05) is 18.5 Å². The summed E-state index contributed by atoms with van der Waals surface area (Å²) >= 11 is 6.09. The molecule has 22 heavy (non-hydrogen) atoms. The van der Waals surface area contributed by atoms with Gasteiger partial charge in [0, 0.05) is 12.2 Å². The number of ether oxygens (including phenoxy) is 1. The molecule has 1 atom stereocenters. The summed E-state index contributed by atoms with van der Waals surface area (Å²) in [5, 5.41) is 8.22. The third kappa shape index (κ3) is 5.81. The lowest BCUT2D eigenvalue weighted by molar-refractivity contribution is -0.122. The van der Waals surface area contributed by atoms with Crippen molar-refractivity contribution in [2.75, 3.05) is 18.5 Å². The Labute approximate surface area is 135 Å². The normalized spacial score (nSPS) is 11.5. The van der Waals surface area contributed by atoms with Gasteiger partial charge in [-0.05, 0) is 38.5 Å². The highest BCUT2D eigenvalue weighted by Crippen LogP contribution is 2.27. The van der Waals surface area contributed by atoms with Crippen LogP contribution in [0.25, 0.3) is 0 Å². The first-order chi connectivity index (χ1) is 10.5. The van der Waals surface area contributed by atoms with Crippen molar-refractivity contribution in [3.05, 3.63) is 23.2 Å². The van der Waals surface area contributed by atoms with Gasteiger partial charge in [-0.2, -0.15) is 0 Å². The molecule has 0 aromatic heterocycles. The Kier molecular flexibility index (Phi) is 7.52. The molecule has 122 valence electrons. The average Bonchev–Trinajstić information content (AvgIpc) is 2.46. The van der Waals surface area contributed by atoms with Crippen LogP contribution in [0.1, 0.15) is 27.2 Å². The highest BCUT2D eigenvalue weighted by Gasteiger charge is 2.14. The lowest BCUT2D eigenvalue weighted by Crippen LogP contribution is -2.46. The monoisotopic (exact) mass is 327 g/mol. The summed E-state index contributed by atoms with van der Waals surface area (Å²) in [6.45, 7) is 6.52. The van der Waals surface area contributed by atoms with E-state index in [9.17, 15) is 9.59 Å². The van der Waals surface area contributed by atoms with Crippen LogP contribution in [0.15, 0.2) is 18.2 Å². The minimum absolute atomic E-state index is 0.237. The number of rotatable bonds is 7. The summed E-state index contributed by atoms with van der Waals surface area (Å²) in [4.78, 5) is 23.4. The SMILES string of the molecule is CCCOc1ccc(NC(=O)N[C@H](C)C(=O)NCC)cc1Cl. The molecule has 1 aromatic carbocycles. The Morgan fingerprint density at radius 1 is 1.32 bits per heavy atom. The molecule has 3 amide bonds. The van der Waals surface area contributed by atoms with Crippen molar-refractivity contribution in [3.63, 3.8) is 0 Å². The zero-order chi connectivity index (χ0) is 16.5. The fourth-order valence-corrected chi connectivity index (χ4v) is 1.90. The molecule has 0 radical (unpaired) electrons. The molecule has 1 aromatic rings. The maximum absolute atomic E-state index is 11.8. The molecule has 0 saturated heterocycles. The van der Waals surface area contributed by atoms with E-state index in [2.05, 4.69) is 16.0 Å². The van der Waals surface area contributed by atoms with Crippen molar-refractivity contribution in [2.45, 2.75) is 33.2 Å². The van der Waals surface area contributed by atoms with Gasteiger partial charge in [0.1, 0.15) is 11.8 Å². The number of benzene rings is 1. The zero-order valence-electron chi connectivity index (χ0n) is 13.0. The highest BCUT2D eigenvalue weighted by molar-refractivity contribution is 6.32.